The van der Waals surface area contributed by atoms with Crippen LogP contribution in [0.3, 0.4) is 0 Å². The predicted molar refractivity (Wildman–Crippen MR) is 148 cm³/mol. The van der Waals surface area contributed by atoms with Crippen molar-refractivity contribution >= 4 is 62.6 Å². The number of aromatic amines is 1. The minimum atomic E-state index is -0.626. The zero-order valence-corrected chi connectivity index (χ0v) is 21.1. The average Bonchev–Trinajstić information content (AvgIpc) is 3.31. The van der Waals surface area contributed by atoms with Gasteiger partial charge in [-0.15, -0.1) is 0 Å². The first-order valence-corrected chi connectivity index (χ1v) is 12.6. The van der Waals surface area contributed by atoms with E-state index in [0.29, 0.717) is 34.8 Å². The third-order valence-electron chi connectivity index (χ3n) is 6.31. The van der Waals surface area contributed by atoms with Crippen LogP contribution in [0.4, 0.5) is 16.3 Å². The molecule has 0 unspecified atom stereocenters. The van der Waals surface area contributed by atoms with Gasteiger partial charge in [-0.2, -0.15) is 0 Å². The van der Waals surface area contributed by atoms with Crippen molar-refractivity contribution in [1.82, 2.24) is 9.97 Å². The molecular formula is C28H22Cl2N4O3. The lowest BCUT2D eigenvalue weighted by Gasteiger charge is -2.29. The Hall–Kier alpha value is -3.78. The predicted octanol–water partition coefficient (Wildman–Crippen LogP) is 7.14. The molecule has 0 bridgehead atoms. The van der Waals surface area contributed by atoms with E-state index in [1.165, 1.54) is 0 Å². The van der Waals surface area contributed by atoms with E-state index in [4.69, 9.17) is 32.7 Å². The van der Waals surface area contributed by atoms with Gasteiger partial charge in [-0.3, -0.25) is 5.32 Å². The maximum absolute atomic E-state index is 12.5. The molecule has 37 heavy (non-hydrogen) atoms. The van der Waals surface area contributed by atoms with Crippen LogP contribution >= 0.6 is 23.2 Å². The second kappa shape index (κ2) is 9.94. The van der Waals surface area contributed by atoms with Crippen LogP contribution in [0, 0.1) is 0 Å². The number of anilines is 2. The van der Waals surface area contributed by atoms with E-state index in [1.54, 1.807) is 18.2 Å². The molecule has 1 fully saturated rings. The molecule has 0 spiro atoms. The first kappa shape index (κ1) is 23.6. The number of rotatable bonds is 4. The van der Waals surface area contributed by atoms with Crippen LogP contribution in [0.2, 0.25) is 10.0 Å². The number of hydrogen-bond donors (Lipinski definition) is 2. The van der Waals surface area contributed by atoms with Crippen molar-refractivity contribution < 1.29 is 14.3 Å². The molecule has 0 saturated carbocycles. The van der Waals surface area contributed by atoms with Crippen molar-refractivity contribution in [2.24, 2.45) is 0 Å². The molecule has 1 aliphatic heterocycles. The number of nitrogens with zero attached hydrogens (tertiary/aromatic N) is 2. The smallest absolute Gasteiger partial charge is 0.410 e. The van der Waals surface area contributed by atoms with Crippen LogP contribution in [-0.4, -0.2) is 42.4 Å². The highest BCUT2D eigenvalue weighted by atomic mass is 35.5. The quantitative estimate of drug-likeness (QED) is 0.257. The van der Waals surface area contributed by atoms with Crippen molar-refractivity contribution in [2.45, 2.75) is 0 Å². The molecule has 1 saturated heterocycles. The van der Waals surface area contributed by atoms with Gasteiger partial charge in [0.1, 0.15) is 11.6 Å². The summed E-state index contributed by atoms with van der Waals surface area (Å²) >= 11 is 13.4. The minimum absolute atomic E-state index is 0.388. The number of halogens is 2. The van der Waals surface area contributed by atoms with Crippen LogP contribution in [0.5, 0.6) is 5.75 Å². The van der Waals surface area contributed by atoms with Gasteiger partial charge in [0, 0.05) is 52.4 Å². The lowest BCUT2D eigenvalue weighted by atomic mass is 10.1. The molecule has 0 radical (unpaired) electrons. The fourth-order valence-corrected chi connectivity index (χ4v) is 5.18. The Morgan fingerprint density at radius 3 is 2.51 bits per heavy atom. The maximum atomic E-state index is 12.5. The molecule has 0 atom stereocenters. The molecule has 0 aliphatic carbocycles. The number of pyridine rings is 1. The summed E-state index contributed by atoms with van der Waals surface area (Å²) < 4.78 is 10.9. The summed E-state index contributed by atoms with van der Waals surface area (Å²) in [7, 11) is 0. The largest absolute Gasteiger partial charge is 0.418 e. The standard InChI is InChI=1S/C28H22Cl2N4O3/c29-21-14-19(34-9-11-36-12-10-34)15-22(30)27(21)25-13-18-5-7-20(16-24(18)31-25)37-28(35)33-26-8-6-17-3-1-2-4-23(17)32-26/h1-8,13-16,31H,9-12H2,(H,32,33,35). The molecule has 6 rings (SSSR count). The number of aromatic nitrogens is 2. The Kier molecular flexibility index (Phi) is 6.34. The Labute approximate surface area is 222 Å². The molecule has 3 aromatic carbocycles. The highest BCUT2D eigenvalue weighted by Gasteiger charge is 2.18. The fourth-order valence-electron chi connectivity index (χ4n) is 4.50. The second-order valence-electron chi connectivity index (χ2n) is 8.72. The molecule has 9 heteroatoms. The number of H-pyrrole nitrogens is 1. The van der Waals surface area contributed by atoms with E-state index < -0.39 is 6.09 Å². The topological polar surface area (TPSA) is 79.5 Å². The summed E-state index contributed by atoms with van der Waals surface area (Å²) in [5, 5.41) is 5.71. The Morgan fingerprint density at radius 1 is 0.946 bits per heavy atom. The number of nitrogens with one attached hydrogen (secondary N) is 2. The van der Waals surface area contributed by atoms with Gasteiger partial charge < -0.3 is 19.4 Å². The minimum Gasteiger partial charge on any atom is -0.410 e. The average molecular weight is 533 g/mol. The molecule has 2 N–H and O–H groups in total. The summed E-state index contributed by atoms with van der Waals surface area (Å²) in [5.74, 6) is 0.802. The summed E-state index contributed by atoms with van der Waals surface area (Å²) in [6, 6.07) is 22.5. The third-order valence-corrected chi connectivity index (χ3v) is 6.90. The van der Waals surface area contributed by atoms with Gasteiger partial charge in [-0.25, -0.2) is 9.78 Å². The van der Waals surface area contributed by atoms with E-state index in [2.05, 4.69) is 20.2 Å². The van der Waals surface area contributed by atoms with E-state index in [1.807, 2.05) is 54.6 Å². The summed E-state index contributed by atoms with van der Waals surface area (Å²) in [6.07, 6.45) is -0.626. The van der Waals surface area contributed by atoms with Gasteiger partial charge in [-0.05, 0) is 48.5 Å². The lowest BCUT2D eigenvalue weighted by Crippen LogP contribution is -2.36. The van der Waals surface area contributed by atoms with Crippen molar-refractivity contribution in [3.8, 4) is 17.0 Å². The first-order chi connectivity index (χ1) is 18.0. The van der Waals surface area contributed by atoms with Gasteiger partial charge in [0.15, 0.2) is 0 Å². The zero-order valence-electron chi connectivity index (χ0n) is 19.6. The normalized spacial score (nSPS) is 13.7. The number of carbonyl (C=O) groups excluding carboxylic acids is 1. The highest BCUT2D eigenvalue weighted by molar-refractivity contribution is 6.39. The molecule has 3 heterocycles. The van der Waals surface area contributed by atoms with Crippen molar-refractivity contribution in [1.29, 1.82) is 0 Å². The Balaban J connectivity index is 1.21. The fraction of sp³-hybridized carbons (Fsp3) is 0.143. The summed E-state index contributed by atoms with van der Waals surface area (Å²) in [6.45, 7) is 2.96. The number of para-hydroxylation sites is 1. The lowest BCUT2D eigenvalue weighted by molar-refractivity contribution is 0.122. The first-order valence-electron chi connectivity index (χ1n) is 11.8. The van der Waals surface area contributed by atoms with E-state index >= 15 is 0 Å². The van der Waals surface area contributed by atoms with Crippen LogP contribution in [-0.2, 0) is 4.74 Å². The van der Waals surface area contributed by atoms with Gasteiger partial charge in [0.25, 0.3) is 0 Å². The molecular weight excluding hydrogens is 511 g/mol. The van der Waals surface area contributed by atoms with E-state index in [9.17, 15) is 4.79 Å². The Morgan fingerprint density at radius 2 is 1.70 bits per heavy atom. The molecule has 1 aliphatic rings. The third kappa shape index (κ3) is 4.93. The SMILES string of the molecule is O=C(Nc1ccc2ccccc2n1)Oc1ccc2cc(-c3c(Cl)cc(N4CCOCC4)cc3Cl)[nH]c2c1. The number of fused-ring (bicyclic) bond motifs is 2. The van der Waals surface area contributed by atoms with Gasteiger partial charge >= 0.3 is 6.09 Å². The van der Waals surface area contributed by atoms with E-state index in [0.717, 1.165) is 51.8 Å². The number of hydrogen-bond acceptors (Lipinski definition) is 5. The van der Waals surface area contributed by atoms with E-state index in [-0.39, 0.29) is 0 Å². The van der Waals surface area contributed by atoms with Crippen molar-refractivity contribution in [3.63, 3.8) is 0 Å². The maximum Gasteiger partial charge on any atom is 0.418 e. The molecule has 1 amide bonds. The van der Waals surface area contributed by atoms with Crippen LogP contribution in [0.15, 0.2) is 72.8 Å². The highest BCUT2D eigenvalue weighted by Crippen LogP contribution is 2.39. The van der Waals surface area contributed by atoms with Gasteiger partial charge in [-0.1, -0.05) is 41.4 Å². The second-order valence-corrected chi connectivity index (χ2v) is 9.53. The summed E-state index contributed by atoms with van der Waals surface area (Å²) in [4.78, 5) is 22.5. The molecule has 186 valence electrons. The van der Waals surface area contributed by atoms with Crippen LogP contribution < -0.4 is 15.0 Å². The number of carbonyl (C=O) groups is 1. The number of amides is 1. The summed E-state index contributed by atoms with van der Waals surface area (Å²) in [5.41, 5.74) is 4.05. The van der Waals surface area contributed by atoms with Gasteiger partial charge in [0.05, 0.1) is 28.8 Å². The Bertz CT molecular complexity index is 1610. The van der Waals surface area contributed by atoms with Crippen LogP contribution in [0.25, 0.3) is 33.1 Å². The molecule has 2 aromatic heterocycles. The van der Waals surface area contributed by atoms with Crippen molar-refractivity contribution in [2.75, 3.05) is 36.5 Å². The monoisotopic (exact) mass is 532 g/mol. The zero-order chi connectivity index (χ0) is 25.4. The van der Waals surface area contributed by atoms with Crippen molar-refractivity contribution in [3.05, 3.63) is 82.8 Å². The number of ether oxygens (including phenoxy) is 2. The molecule has 5 aromatic rings. The van der Waals surface area contributed by atoms with Crippen LogP contribution in [0.1, 0.15) is 0 Å². The number of benzene rings is 3. The number of morpholine rings is 1. The molecule has 7 nitrogen and oxygen atoms in total. The van der Waals surface area contributed by atoms with Gasteiger partial charge in [0.2, 0.25) is 0 Å².